The van der Waals surface area contributed by atoms with E-state index in [2.05, 4.69) is 30.9 Å². The molecule has 0 amide bonds. The van der Waals surface area contributed by atoms with E-state index in [1.807, 2.05) is 18.2 Å². The first-order chi connectivity index (χ1) is 10.4. The van der Waals surface area contributed by atoms with E-state index >= 15 is 0 Å². The van der Waals surface area contributed by atoms with Crippen LogP contribution in [0.15, 0.2) is 36.6 Å². The van der Waals surface area contributed by atoms with Crippen molar-refractivity contribution < 1.29 is 4.74 Å². The van der Waals surface area contributed by atoms with Crippen LogP contribution in [0.3, 0.4) is 0 Å². The lowest BCUT2D eigenvalue weighted by Gasteiger charge is -2.01. The third kappa shape index (κ3) is 19.0. The fourth-order valence-corrected chi connectivity index (χ4v) is 2.33. The van der Waals surface area contributed by atoms with Crippen LogP contribution in [0.1, 0.15) is 84.0 Å². The van der Waals surface area contributed by atoms with Crippen LogP contribution in [0.4, 0.5) is 0 Å². The molecule has 0 fully saturated rings. The SMILES string of the molecule is [CH2]OC=CC=CC=CCCCCCCCCCCCCC. The van der Waals surface area contributed by atoms with E-state index < -0.39 is 0 Å². The summed E-state index contributed by atoms with van der Waals surface area (Å²) in [5, 5.41) is 0. The van der Waals surface area contributed by atoms with Crippen LogP contribution >= 0.6 is 0 Å². The van der Waals surface area contributed by atoms with Gasteiger partial charge in [0.15, 0.2) is 0 Å². The van der Waals surface area contributed by atoms with Gasteiger partial charge >= 0.3 is 0 Å². The molecule has 0 aromatic carbocycles. The van der Waals surface area contributed by atoms with Crippen molar-refractivity contribution in [3.05, 3.63) is 43.8 Å². The summed E-state index contributed by atoms with van der Waals surface area (Å²) < 4.78 is 4.56. The molecule has 0 aliphatic heterocycles. The third-order valence-electron chi connectivity index (χ3n) is 3.62. The summed E-state index contributed by atoms with van der Waals surface area (Å²) in [4.78, 5) is 0. The predicted molar refractivity (Wildman–Crippen MR) is 94.9 cm³/mol. The lowest BCUT2D eigenvalue weighted by molar-refractivity contribution is 0.394. The summed E-state index contributed by atoms with van der Waals surface area (Å²) in [7, 11) is 3.26. The highest BCUT2D eigenvalue weighted by molar-refractivity contribution is 5.09. The van der Waals surface area contributed by atoms with Crippen LogP contribution in [0.5, 0.6) is 0 Å². The van der Waals surface area contributed by atoms with Crippen molar-refractivity contribution in [1.82, 2.24) is 0 Å². The lowest BCUT2D eigenvalue weighted by atomic mass is 10.1. The van der Waals surface area contributed by atoms with Gasteiger partial charge in [0.1, 0.15) is 7.11 Å². The van der Waals surface area contributed by atoms with Gasteiger partial charge in [0.05, 0.1) is 6.26 Å². The summed E-state index contributed by atoms with van der Waals surface area (Å²) in [6.45, 7) is 2.28. The van der Waals surface area contributed by atoms with Crippen molar-refractivity contribution in [3.8, 4) is 0 Å². The summed E-state index contributed by atoms with van der Waals surface area (Å²) in [5.41, 5.74) is 0. The number of hydrogen-bond acceptors (Lipinski definition) is 1. The number of unbranched alkanes of at least 4 members (excludes halogenated alkanes) is 11. The third-order valence-corrected chi connectivity index (χ3v) is 3.62. The Morgan fingerprint density at radius 1 is 0.667 bits per heavy atom. The molecular weight excluding hydrogens is 256 g/mol. The van der Waals surface area contributed by atoms with E-state index in [9.17, 15) is 0 Å². The van der Waals surface area contributed by atoms with E-state index in [4.69, 9.17) is 0 Å². The quantitative estimate of drug-likeness (QED) is 0.177. The van der Waals surface area contributed by atoms with Crippen molar-refractivity contribution in [3.63, 3.8) is 0 Å². The first-order valence-electron chi connectivity index (χ1n) is 8.81. The zero-order chi connectivity index (χ0) is 15.4. The van der Waals surface area contributed by atoms with Crippen molar-refractivity contribution in [1.29, 1.82) is 0 Å². The highest BCUT2D eigenvalue weighted by atomic mass is 16.5. The van der Waals surface area contributed by atoms with Crippen LogP contribution in [0.2, 0.25) is 0 Å². The monoisotopic (exact) mass is 291 g/mol. The number of rotatable bonds is 15. The molecule has 121 valence electrons. The van der Waals surface area contributed by atoms with Gasteiger partial charge in [-0.25, -0.2) is 0 Å². The Kier molecular flexibility index (Phi) is 18.1. The molecule has 0 heterocycles. The van der Waals surface area contributed by atoms with Crippen LogP contribution in [0, 0.1) is 7.11 Å². The molecule has 1 radical (unpaired) electrons. The van der Waals surface area contributed by atoms with Crippen molar-refractivity contribution >= 4 is 0 Å². The van der Waals surface area contributed by atoms with Gasteiger partial charge in [-0.1, -0.05) is 95.4 Å². The van der Waals surface area contributed by atoms with Crippen molar-refractivity contribution in [2.24, 2.45) is 0 Å². The molecule has 1 heteroatoms. The summed E-state index contributed by atoms with van der Waals surface area (Å²) >= 11 is 0. The standard InChI is InChI=1S/C20H35O/c1-3-4-5-6-7-8-9-10-11-12-13-14-15-16-17-18-19-20-21-2/h15-20H,2-14H2,1H3. The van der Waals surface area contributed by atoms with Gasteiger partial charge in [0.25, 0.3) is 0 Å². The maximum atomic E-state index is 4.56. The molecule has 0 unspecified atom stereocenters. The Hall–Kier alpha value is -0.980. The second-order valence-corrected chi connectivity index (χ2v) is 5.63. The van der Waals surface area contributed by atoms with Gasteiger partial charge < -0.3 is 4.74 Å². The van der Waals surface area contributed by atoms with E-state index in [1.54, 1.807) is 6.26 Å². The zero-order valence-electron chi connectivity index (χ0n) is 14.1. The van der Waals surface area contributed by atoms with Crippen LogP contribution < -0.4 is 0 Å². The smallest absolute Gasteiger partial charge is 0.121 e. The Morgan fingerprint density at radius 2 is 1.19 bits per heavy atom. The first-order valence-corrected chi connectivity index (χ1v) is 8.81. The molecule has 1 nitrogen and oxygen atoms in total. The molecule has 0 bridgehead atoms. The van der Waals surface area contributed by atoms with E-state index in [0.29, 0.717) is 0 Å². The second kappa shape index (κ2) is 19.0. The normalized spacial score (nSPS) is 12.1. The molecule has 0 aromatic heterocycles. The Balaban J connectivity index is 3.13. The lowest BCUT2D eigenvalue weighted by Crippen LogP contribution is -1.81. The molecule has 0 atom stereocenters. The van der Waals surface area contributed by atoms with Crippen molar-refractivity contribution in [2.45, 2.75) is 84.0 Å². The van der Waals surface area contributed by atoms with E-state index in [0.717, 1.165) is 0 Å². The second-order valence-electron chi connectivity index (χ2n) is 5.63. The highest BCUT2D eigenvalue weighted by Gasteiger charge is 1.92. The Bertz CT molecular complexity index is 263. The molecule has 0 spiro atoms. The topological polar surface area (TPSA) is 9.23 Å². The van der Waals surface area contributed by atoms with Gasteiger partial charge in [-0.3, -0.25) is 0 Å². The van der Waals surface area contributed by atoms with Gasteiger partial charge in [0.2, 0.25) is 0 Å². The zero-order valence-corrected chi connectivity index (χ0v) is 14.1. The largest absolute Gasteiger partial charge is 0.498 e. The fraction of sp³-hybridized carbons (Fsp3) is 0.650. The van der Waals surface area contributed by atoms with Gasteiger partial charge in [-0.15, -0.1) is 0 Å². The maximum Gasteiger partial charge on any atom is 0.121 e. The summed E-state index contributed by atoms with van der Waals surface area (Å²) in [5.74, 6) is 0. The van der Waals surface area contributed by atoms with Gasteiger partial charge in [0, 0.05) is 0 Å². The minimum atomic E-state index is 1.19. The summed E-state index contributed by atoms with van der Waals surface area (Å²) in [6, 6.07) is 0. The van der Waals surface area contributed by atoms with Crippen LogP contribution in [0.25, 0.3) is 0 Å². The molecule has 0 aliphatic rings. The molecular formula is C20H35O. The minimum absolute atomic E-state index is 1.19. The van der Waals surface area contributed by atoms with Gasteiger partial charge in [-0.05, 0) is 18.9 Å². The van der Waals surface area contributed by atoms with Gasteiger partial charge in [-0.2, -0.15) is 0 Å². The van der Waals surface area contributed by atoms with Crippen molar-refractivity contribution in [2.75, 3.05) is 0 Å². The molecule has 0 saturated carbocycles. The van der Waals surface area contributed by atoms with Crippen LogP contribution in [-0.2, 0) is 4.74 Å². The highest BCUT2D eigenvalue weighted by Crippen LogP contribution is 2.11. The molecule has 0 saturated heterocycles. The van der Waals surface area contributed by atoms with E-state index in [1.165, 1.54) is 77.0 Å². The maximum absolute atomic E-state index is 4.56. The first kappa shape index (κ1) is 20.0. The van der Waals surface area contributed by atoms with E-state index in [-0.39, 0.29) is 0 Å². The molecule has 21 heavy (non-hydrogen) atoms. The molecule has 0 aliphatic carbocycles. The molecule has 0 aromatic rings. The Labute approximate surface area is 133 Å². The van der Waals surface area contributed by atoms with Crippen LogP contribution in [-0.4, -0.2) is 0 Å². The Morgan fingerprint density at radius 3 is 1.76 bits per heavy atom. The number of hydrogen-bond donors (Lipinski definition) is 0. The average molecular weight is 291 g/mol. The number of ether oxygens (including phenoxy) is 1. The fourth-order valence-electron chi connectivity index (χ4n) is 2.33. The minimum Gasteiger partial charge on any atom is -0.498 e. The molecule has 0 rings (SSSR count). The molecule has 0 N–H and O–H groups in total. The predicted octanol–water partition coefficient (Wildman–Crippen LogP) is 7.12. The number of allylic oxidation sites excluding steroid dienone is 5. The summed E-state index contributed by atoms with van der Waals surface area (Å²) in [6.07, 6.45) is 28.4. The average Bonchev–Trinajstić information content (AvgIpc) is 2.50.